The first-order chi connectivity index (χ1) is 17.1. The fourth-order valence-corrected chi connectivity index (χ4v) is 4.73. The van der Waals surface area contributed by atoms with Crippen molar-refractivity contribution in [3.05, 3.63) is 83.4 Å². The lowest BCUT2D eigenvalue weighted by atomic mass is 9.74. The summed E-state index contributed by atoms with van der Waals surface area (Å²) in [6, 6.07) is 18.1. The van der Waals surface area contributed by atoms with Crippen LogP contribution in [0.25, 0.3) is 33.3 Å². The Hall–Kier alpha value is -3.51. The number of halogens is 2. The monoisotopic (exact) mass is 503 g/mol. The van der Waals surface area contributed by atoms with Gasteiger partial charge in [-0.05, 0) is 75.4 Å². The van der Waals surface area contributed by atoms with Gasteiger partial charge < -0.3 is 10.1 Å². The van der Waals surface area contributed by atoms with Gasteiger partial charge in [-0.15, -0.1) is 0 Å². The number of alkyl carbamates (subject to hydrolysis) is 1. The zero-order valence-electron chi connectivity index (χ0n) is 20.4. The van der Waals surface area contributed by atoms with E-state index < -0.39 is 11.7 Å². The van der Waals surface area contributed by atoms with Gasteiger partial charge in [0, 0.05) is 28.2 Å². The Morgan fingerprint density at radius 3 is 2.31 bits per heavy atom. The number of benzene rings is 2. The molecule has 0 spiro atoms. The number of fused-ring (bicyclic) bond motifs is 1. The van der Waals surface area contributed by atoms with Crippen LogP contribution >= 0.6 is 11.6 Å². The van der Waals surface area contributed by atoms with Crippen molar-refractivity contribution >= 4 is 28.6 Å². The molecule has 4 aromatic rings. The van der Waals surface area contributed by atoms with Gasteiger partial charge in [-0.2, -0.15) is 0 Å². The molecular formula is C29H27ClFN3O2. The minimum absolute atomic E-state index is 0.306. The van der Waals surface area contributed by atoms with E-state index in [1.54, 1.807) is 18.3 Å². The van der Waals surface area contributed by atoms with Gasteiger partial charge in [0.05, 0.1) is 11.2 Å². The van der Waals surface area contributed by atoms with E-state index in [2.05, 4.69) is 10.3 Å². The molecule has 0 bridgehead atoms. The lowest BCUT2D eigenvalue weighted by Gasteiger charge is -2.42. The van der Waals surface area contributed by atoms with Crippen molar-refractivity contribution in [3.8, 4) is 22.4 Å². The molecule has 1 fully saturated rings. The normalized spacial score (nSPS) is 14.8. The lowest BCUT2D eigenvalue weighted by Crippen LogP contribution is -2.47. The van der Waals surface area contributed by atoms with Crippen molar-refractivity contribution in [2.45, 2.75) is 51.2 Å². The lowest BCUT2D eigenvalue weighted by molar-refractivity contribution is -0.0549. The SMILES string of the molecule is CC(C)(C)NC(=O)OC1(c2ccc(-c3nc4ccnc(Cl)c4cc3-c3ccc(F)cc3)cc2)CCC1. The van der Waals surface area contributed by atoms with E-state index >= 15 is 0 Å². The third kappa shape index (κ3) is 4.78. The molecule has 1 saturated carbocycles. The summed E-state index contributed by atoms with van der Waals surface area (Å²) >= 11 is 6.36. The van der Waals surface area contributed by atoms with Crippen molar-refractivity contribution in [2.24, 2.45) is 0 Å². The predicted molar refractivity (Wildman–Crippen MR) is 140 cm³/mol. The summed E-state index contributed by atoms with van der Waals surface area (Å²) in [5.41, 5.74) is 3.97. The minimum Gasteiger partial charge on any atom is -0.438 e. The number of pyridine rings is 2. The highest BCUT2D eigenvalue weighted by molar-refractivity contribution is 6.34. The fraction of sp³-hybridized carbons (Fsp3) is 0.276. The second-order valence-electron chi connectivity index (χ2n) is 10.2. The molecule has 2 heterocycles. The van der Waals surface area contributed by atoms with Crippen LogP contribution < -0.4 is 5.32 Å². The number of ether oxygens (including phenoxy) is 1. The van der Waals surface area contributed by atoms with Crippen molar-refractivity contribution in [1.29, 1.82) is 0 Å². The van der Waals surface area contributed by atoms with Gasteiger partial charge >= 0.3 is 6.09 Å². The van der Waals surface area contributed by atoms with E-state index in [1.807, 2.05) is 57.2 Å². The van der Waals surface area contributed by atoms with E-state index in [9.17, 15) is 9.18 Å². The maximum atomic E-state index is 13.6. The first-order valence-corrected chi connectivity index (χ1v) is 12.3. The standard InChI is InChI=1S/C29H27ClFN3O2/c1-28(2,3)34-27(35)36-29(14-4-15-29)20-9-5-19(6-10-20)25-22(18-7-11-21(31)12-8-18)17-23-24(33-25)13-16-32-26(23)30/h5-13,16-17H,4,14-15H2,1-3H3,(H,34,35). The summed E-state index contributed by atoms with van der Waals surface area (Å²) in [6.07, 6.45) is 3.78. The molecule has 36 heavy (non-hydrogen) atoms. The van der Waals surface area contributed by atoms with Gasteiger partial charge in [0.1, 0.15) is 16.6 Å². The quantitative estimate of drug-likeness (QED) is 0.290. The molecule has 7 heteroatoms. The highest BCUT2D eigenvalue weighted by Gasteiger charge is 2.43. The second kappa shape index (κ2) is 9.17. The van der Waals surface area contributed by atoms with Gasteiger partial charge in [0.2, 0.25) is 0 Å². The van der Waals surface area contributed by atoms with Gasteiger partial charge in [-0.3, -0.25) is 0 Å². The van der Waals surface area contributed by atoms with Crippen LogP contribution in [0.1, 0.15) is 45.6 Å². The molecule has 184 valence electrons. The number of carbonyl (C=O) groups is 1. The Morgan fingerprint density at radius 2 is 1.69 bits per heavy atom. The van der Waals surface area contributed by atoms with Crippen LogP contribution in [0.3, 0.4) is 0 Å². The van der Waals surface area contributed by atoms with Crippen LogP contribution in [0.4, 0.5) is 9.18 Å². The van der Waals surface area contributed by atoms with E-state index in [0.29, 0.717) is 5.15 Å². The van der Waals surface area contributed by atoms with E-state index in [1.165, 1.54) is 12.1 Å². The molecule has 5 nitrogen and oxygen atoms in total. The van der Waals surface area contributed by atoms with Gasteiger partial charge in [-0.1, -0.05) is 48.0 Å². The first-order valence-electron chi connectivity index (χ1n) is 12.0. The third-order valence-corrected chi connectivity index (χ3v) is 6.76. The van der Waals surface area contributed by atoms with Crippen molar-refractivity contribution in [2.75, 3.05) is 0 Å². The Bertz CT molecular complexity index is 1430. The first kappa shape index (κ1) is 24.2. The van der Waals surface area contributed by atoms with Crippen molar-refractivity contribution in [1.82, 2.24) is 15.3 Å². The number of nitrogens with zero attached hydrogens (tertiary/aromatic N) is 2. The average Bonchev–Trinajstić information content (AvgIpc) is 2.81. The molecule has 2 aromatic carbocycles. The Kier molecular flexibility index (Phi) is 6.17. The van der Waals surface area contributed by atoms with Crippen molar-refractivity contribution in [3.63, 3.8) is 0 Å². The molecule has 1 aliphatic rings. The molecule has 5 rings (SSSR count). The second-order valence-corrected chi connectivity index (χ2v) is 10.6. The number of hydrogen-bond donors (Lipinski definition) is 1. The van der Waals surface area contributed by atoms with E-state index in [-0.39, 0.29) is 11.4 Å². The van der Waals surface area contributed by atoms with Crippen LogP contribution in [0.15, 0.2) is 66.9 Å². The summed E-state index contributed by atoms with van der Waals surface area (Å²) in [4.78, 5) is 21.6. The highest BCUT2D eigenvalue weighted by Crippen LogP contribution is 2.45. The molecule has 0 unspecified atom stereocenters. The fourth-order valence-electron chi connectivity index (χ4n) is 4.52. The molecule has 0 radical (unpaired) electrons. The largest absolute Gasteiger partial charge is 0.438 e. The van der Waals surface area contributed by atoms with Crippen LogP contribution in [-0.4, -0.2) is 21.6 Å². The van der Waals surface area contributed by atoms with Crippen LogP contribution in [0.5, 0.6) is 0 Å². The zero-order valence-corrected chi connectivity index (χ0v) is 21.2. The highest BCUT2D eigenvalue weighted by atomic mass is 35.5. The number of carbonyl (C=O) groups excluding carboxylic acids is 1. The third-order valence-electron chi connectivity index (χ3n) is 6.46. The molecule has 0 saturated heterocycles. The molecule has 2 aromatic heterocycles. The smallest absolute Gasteiger partial charge is 0.408 e. The van der Waals surface area contributed by atoms with Crippen LogP contribution in [0.2, 0.25) is 5.15 Å². The van der Waals surface area contributed by atoms with Gasteiger partial charge in [-0.25, -0.2) is 19.2 Å². The number of amides is 1. The predicted octanol–water partition coefficient (Wildman–Crippen LogP) is 7.66. The average molecular weight is 504 g/mol. The summed E-state index contributed by atoms with van der Waals surface area (Å²) in [6.45, 7) is 5.78. The molecule has 1 amide bonds. The zero-order chi connectivity index (χ0) is 25.5. The number of nitrogens with one attached hydrogen (secondary N) is 1. The number of aromatic nitrogens is 2. The number of rotatable bonds is 4. The molecular weight excluding hydrogens is 477 g/mol. The molecule has 0 atom stereocenters. The molecule has 0 aliphatic heterocycles. The Balaban J connectivity index is 1.54. The summed E-state index contributed by atoms with van der Waals surface area (Å²) in [5, 5.41) is 3.98. The van der Waals surface area contributed by atoms with Gasteiger partial charge in [0.15, 0.2) is 0 Å². The molecule has 1 N–H and O–H groups in total. The van der Waals surface area contributed by atoms with Crippen molar-refractivity contribution < 1.29 is 13.9 Å². The summed E-state index contributed by atoms with van der Waals surface area (Å²) < 4.78 is 19.6. The van der Waals surface area contributed by atoms with E-state index in [4.69, 9.17) is 21.3 Å². The summed E-state index contributed by atoms with van der Waals surface area (Å²) in [7, 11) is 0. The Labute approximate surface area is 214 Å². The van der Waals surface area contributed by atoms with Crippen LogP contribution in [-0.2, 0) is 10.3 Å². The number of hydrogen-bond acceptors (Lipinski definition) is 4. The van der Waals surface area contributed by atoms with E-state index in [0.717, 1.165) is 58.1 Å². The van der Waals surface area contributed by atoms with Crippen LogP contribution in [0, 0.1) is 5.82 Å². The minimum atomic E-state index is -0.621. The maximum absolute atomic E-state index is 13.6. The topological polar surface area (TPSA) is 64.1 Å². The molecule has 1 aliphatic carbocycles. The Morgan fingerprint density at radius 1 is 1.03 bits per heavy atom. The maximum Gasteiger partial charge on any atom is 0.408 e. The van der Waals surface area contributed by atoms with Gasteiger partial charge in [0.25, 0.3) is 0 Å². The summed E-state index contributed by atoms with van der Waals surface area (Å²) in [5.74, 6) is -0.306.